The summed E-state index contributed by atoms with van der Waals surface area (Å²) in [7, 11) is 0. The Bertz CT molecular complexity index is 327. The van der Waals surface area contributed by atoms with E-state index in [-0.39, 0.29) is 5.91 Å². The van der Waals surface area contributed by atoms with Crippen LogP contribution in [0.3, 0.4) is 0 Å². The molecule has 0 spiro atoms. The molecule has 0 aromatic heterocycles. The Balaban J connectivity index is 2.95. The Morgan fingerprint density at radius 2 is 2.00 bits per heavy atom. The maximum Gasteiger partial charge on any atom is 0.248 e. The Hall–Kier alpha value is -1.57. The highest BCUT2D eigenvalue weighted by atomic mass is 16.1. The average Bonchev–Trinajstić information content (AvgIpc) is 2.19. The summed E-state index contributed by atoms with van der Waals surface area (Å²) in [5.74, 6) is -0.357. The van der Waals surface area contributed by atoms with Crippen LogP contribution in [0, 0.1) is 0 Å². The molecule has 0 atom stereocenters. The van der Waals surface area contributed by atoms with Crippen LogP contribution in [-0.4, -0.2) is 5.91 Å². The molecule has 1 rings (SSSR count). The summed E-state index contributed by atoms with van der Waals surface area (Å²) in [6.07, 6.45) is 3.80. The second kappa shape index (κ2) is 5.22. The van der Waals surface area contributed by atoms with Crippen LogP contribution in [0.2, 0.25) is 0 Å². The monoisotopic (exact) mass is 189 g/mol. The molecule has 2 nitrogen and oxygen atoms in total. The lowest BCUT2D eigenvalue weighted by Gasteiger charge is -2.02. The number of allylic oxidation sites excluding steroid dienone is 1. The number of unbranched alkanes of at least 4 members (excludes halogenated alkanes) is 1. The number of amides is 1. The fourth-order valence-corrected chi connectivity index (χ4v) is 1.27. The minimum absolute atomic E-state index is 0.357. The Kier molecular flexibility index (Phi) is 3.92. The third-order valence-electron chi connectivity index (χ3n) is 1.99. The van der Waals surface area contributed by atoms with Gasteiger partial charge in [-0.3, -0.25) is 4.79 Å². The van der Waals surface area contributed by atoms with Gasteiger partial charge in [-0.1, -0.05) is 49.8 Å². The Morgan fingerprint density at radius 3 is 2.50 bits per heavy atom. The molecule has 1 aromatic carbocycles. The van der Waals surface area contributed by atoms with Gasteiger partial charge in [0.2, 0.25) is 5.91 Å². The second-order valence-corrected chi connectivity index (χ2v) is 3.14. The van der Waals surface area contributed by atoms with Gasteiger partial charge in [-0.15, -0.1) is 0 Å². The molecule has 2 heteroatoms. The molecule has 0 unspecified atom stereocenters. The fourth-order valence-electron chi connectivity index (χ4n) is 1.27. The summed E-state index contributed by atoms with van der Waals surface area (Å²) in [6, 6.07) is 9.51. The van der Waals surface area contributed by atoms with E-state index in [1.165, 1.54) is 0 Å². The fraction of sp³-hybridized carbons (Fsp3) is 0.250. The van der Waals surface area contributed by atoms with Crippen molar-refractivity contribution < 1.29 is 4.79 Å². The second-order valence-electron chi connectivity index (χ2n) is 3.14. The third-order valence-corrected chi connectivity index (χ3v) is 1.99. The predicted molar refractivity (Wildman–Crippen MR) is 58.5 cm³/mol. The zero-order valence-corrected chi connectivity index (χ0v) is 8.36. The van der Waals surface area contributed by atoms with Crippen LogP contribution in [0.1, 0.15) is 25.3 Å². The van der Waals surface area contributed by atoms with Gasteiger partial charge in [0.15, 0.2) is 0 Å². The molecule has 74 valence electrons. The van der Waals surface area contributed by atoms with Crippen molar-refractivity contribution in [3.05, 3.63) is 42.0 Å². The molecule has 0 fully saturated rings. The number of hydrogen-bond donors (Lipinski definition) is 1. The van der Waals surface area contributed by atoms with Crippen LogP contribution in [0.4, 0.5) is 0 Å². The average molecular weight is 189 g/mol. The molecule has 0 radical (unpaired) electrons. The van der Waals surface area contributed by atoms with E-state index in [4.69, 9.17) is 5.73 Å². The van der Waals surface area contributed by atoms with Gasteiger partial charge >= 0.3 is 0 Å². The standard InChI is InChI=1S/C12H15NO/c1-2-3-9-11(12(13)14)10-7-5-4-6-8-10/h4-9H,2-3H2,1H3,(H2,13,14). The van der Waals surface area contributed by atoms with Crippen molar-refractivity contribution in [1.29, 1.82) is 0 Å². The van der Waals surface area contributed by atoms with Crippen molar-refractivity contribution in [2.24, 2.45) is 5.73 Å². The Labute approximate surface area is 84.4 Å². The maximum absolute atomic E-state index is 11.2. The maximum atomic E-state index is 11.2. The van der Waals surface area contributed by atoms with Gasteiger partial charge in [-0.25, -0.2) is 0 Å². The van der Waals surface area contributed by atoms with Gasteiger partial charge in [-0.2, -0.15) is 0 Å². The number of carbonyl (C=O) groups excluding carboxylic acids is 1. The van der Waals surface area contributed by atoms with Gasteiger partial charge in [0.1, 0.15) is 0 Å². The summed E-state index contributed by atoms with van der Waals surface area (Å²) in [5.41, 5.74) is 6.82. The minimum Gasteiger partial charge on any atom is -0.366 e. The van der Waals surface area contributed by atoms with Crippen molar-refractivity contribution in [2.45, 2.75) is 19.8 Å². The van der Waals surface area contributed by atoms with Gasteiger partial charge in [0, 0.05) is 5.57 Å². The van der Waals surface area contributed by atoms with E-state index in [9.17, 15) is 4.79 Å². The van der Waals surface area contributed by atoms with E-state index in [2.05, 4.69) is 6.92 Å². The highest BCUT2D eigenvalue weighted by Gasteiger charge is 2.05. The highest BCUT2D eigenvalue weighted by Crippen LogP contribution is 2.14. The predicted octanol–water partition coefficient (Wildman–Crippen LogP) is 2.36. The molecule has 1 amide bonds. The molecule has 0 heterocycles. The summed E-state index contributed by atoms with van der Waals surface area (Å²) >= 11 is 0. The van der Waals surface area contributed by atoms with E-state index in [0.717, 1.165) is 18.4 Å². The van der Waals surface area contributed by atoms with Gasteiger partial charge in [0.05, 0.1) is 0 Å². The molecule has 14 heavy (non-hydrogen) atoms. The zero-order valence-electron chi connectivity index (χ0n) is 8.36. The lowest BCUT2D eigenvalue weighted by Crippen LogP contribution is -2.12. The van der Waals surface area contributed by atoms with Gasteiger partial charge in [0.25, 0.3) is 0 Å². The molecule has 2 N–H and O–H groups in total. The van der Waals surface area contributed by atoms with Crippen LogP contribution in [0.15, 0.2) is 36.4 Å². The molecular formula is C12H15NO. The van der Waals surface area contributed by atoms with Crippen LogP contribution in [0.5, 0.6) is 0 Å². The number of carbonyl (C=O) groups is 1. The molecular weight excluding hydrogens is 174 g/mol. The van der Waals surface area contributed by atoms with Crippen molar-refractivity contribution >= 4 is 11.5 Å². The SMILES string of the molecule is CCCC=C(C(N)=O)c1ccccc1. The quantitative estimate of drug-likeness (QED) is 0.726. The smallest absolute Gasteiger partial charge is 0.248 e. The topological polar surface area (TPSA) is 43.1 Å². The van der Waals surface area contributed by atoms with Crippen LogP contribution in [-0.2, 0) is 4.79 Å². The van der Waals surface area contributed by atoms with E-state index in [1.54, 1.807) is 0 Å². The number of rotatable bonds is 4. The van der Waals surface area contributed by atoms with Crippen LogP contribution in [0.25, 0.3) is 5.57 Å². The first-order valence-electron chi connectivity index (χ1n) is 4.81. The van der Waals surface area contributed by atoms with E-state index < -0.39 is 0 Å². The van der Waals surface area contributed by atoms with Gasteiger partial charge in [-0.05, 0) is 12.0 Å². The van der Waals surface area contributed by atoms with Crippen molar-refractivity contribution in [2.75, 3.05) is 0 Å². The third kappa shape index (κ3) is 2.73. The van der Waals surface area contributed by atoms with Crippen LogP contribution >= 0.6 is 0 Å². The van der Waals surface area contributed by atoms with Gasteiger partial charge < -0.3 is 5.73 Å². The van der Waals surface area contributed by atoms with Crippen molar-refractivity contribution in [3.8, 4) is 0 Å². The first kappa shape index (κ1) is 10.5. The number of primary amides is 1. The number of hydrogen-bond acceptors (Lipinski definition) is 1. The largest absolute Gasteiger partial charge is 0.366 e. The molecule has 0 saturated carbocycles. The summed E-state index contributed by atoms with van der Waals surface area (Å²) in [4.78, 5) is 11.2. The first-order valence-corrected chi connectivity index (χ1v) is 4.81. The molecule has 1 aromatic rings. The zero-order chi connectivity index (χ0) is 10.4. The van der Waals surface area contributed by atoms with E-state index >= 15 is 0 Å². The molecule has 0 aliphatic carbocycles. The van der Waals surface area contributed by atoms with Crippen molar-refractivity contribution in [3.63, 3.8) is 0 Å². The normalized spacial score (nSPS) is 11.4. The minimum atomic E-state index is -0.357. The Morgan fingerprint density at radius 1 is 1.36 bits per heavy atom. The molecule has 0 aliphatic rings. The summed E-state index contributed by atoms with van der Waals surface area (Å²) in [5, 5.41) is 0. The molecule has 0 bridgehead atoms. The lowest BCUT2D eigenvalue weighted by molar-refractivity contribution is -0.112. The van der Waals surface area contributed by atoms with Crippen molar-refractivity contribution in [1.82, 2.24) is 0 Å². The van der Waals surface area contributed by atoms with Crippen LogP contribution < -0.4 is 5.73 Å². The molecule has 0 saturated heterocycles. The summed E-state index contributed by atoms with van der Waals surface area (Å²) in [6.45, 7) is 2.07. The van der Waals surface area contributed by atoms with E-state index in [0.29, 0.717) is 5.57 Å². The molecule has 0 aliphatic heterocycles. The first-order chi connectivity index (χ1) is 6.75. The number of nitrogens with two attached hydrogens (primary N) is 1. The highest BCUT2D eigenvalue weighted by molar-refractivity contribution is 6.18. The lowest BCUT2D eigenvalue weighted by atomic mass is 10.0. The summed E-state index contributed by atoms with van der Waals surface area (Å²) < 4.78 is 0. The van der Waals surface area contributed by atoms with E-state index in [1.807, 2.05) is 36.4 Å². The number of benzene rings is 1.